The van der Waals surface area contributed by atoms with Crippen LogP contribution in [0.5, 0.6) is 0 Å². The highest BCUT2D eigenvalue weighted by Crippen LogP contribution is 2.47. The molecule has 4 aliphatic heterocycles. The van der Waals surface area contributed by atoms with Crippen LogP contribution in [-0.2, 0) is 4.79 Å². The highest BCUT2D eigenvalue weighted by atomic mass is 19.2. The molecular weight excluding hydrogens is 322 g/mol. The molecule has 2 bridgehead atoms. The van der Waals surface area contributed by atoms with Crippen molar-refractivity contribution in [2.45, 2.75) is 44.2 Å². The molecule has 0 saturated carbocycles. The maximum atomic E-state index is 14.5. The Bertz CT molecular complexity index is 697. The van der Waals surface area contributed by atoms with Gasteiger partial charge in [-0.3, -0.25) is 9.69 Å². The Morgan fingerprint density at radius 1 is 1.24 bits per heavy atom. The van der Waals surface area contributed by atoms with Crippen LogP contribution in [0.3, 0.4) is 0 Å². The van der Waals surface area contributed by atoms with Crippen molar-refractivity contribution in [3.63, 3.8) is 0 Å². The number of rotatable bonds is 3. The summed E-state index contributed by atoms with van der Waals surface area (Å²) in [5.74, 6) is -1.13. The van der Waals surface area contributed by atoms with Gasteiger partial charge >= 0.3 is 0 Å². The van der Waals surface area contributed by atoms with Crippen molar-refractivity contribution in [3.05, 3.63) is 47.5 Å². The van der Waals surface area contributed by atoms with E-state index in [2.05, 4.69) is 4.90 Å². The minimum absolute atomic E-state index is 0.0983. The molecule has 1 amide bonds. The second-order valence-electron chi connectivity index (χ2n) is 7.42. The standard InChI is InChI=1S/C20H24F2N2O/c1-2-3-7-17(25)24-12-15(14-5-4-6-16(21)18(14)22)20-19(24)13-8-10-23(20)11-9-13/h2-6,13,15,19-20H,7-12H2,1H3/b3-2+/t15-,19+,20+/m0/s1. The van der Waals surface area contributed by atoms with Gasteiger partial charge in [-0.1, -0.05) is 24.3 Å². The predicted octanol–water partition coefficient (Wildman–Crippen LogP) is 3.32. The second-order valence-corrected chi connectivity index (χ2v) is 7.42. The van der Waals surface area contributed by atoms with Gasteiger partial charge in [-0.25, -0.2) is 8.78 Å². The minimum Gasteiger partial charge on any atom is -0.337 e. The number of amides is 1. The molecule has 0 spiro atoms. The van der Waals surface area contributed by atoms with Crippen molar-refractivity contribution < 1.29 is 13.6 Å². The Balaban J connectivity index is 1.71. The molecular formula is C20H24F2N2O. The molecule has 4 heterocycles. The predicted molar refractivity (Wildman–Crippen MR) is 92.1 cm³/mol. The summed E-state index contributed by atoms with van der Waals surface area (Å²) in [6.07, 6.45) is 6.31. The summed E-state index contributed by atoms with van der Waals surface area (Å²) in [6.45, 7) is 4.38. The van der Waals surface area contributed by atoms with Crippen molar-refractivity contribution in [2.24, 2.45) is 5.92 Å². The first-order valence-electron chi connectivity index (χ1n) is 9.20. The molecule has 1 aromatic carbocycles. The number of piperidine rings is 3. The van der Waals surface area contributed by atoms with Crippen LogP contribution in [0.2, 0.25) is 0 Å². The average molecular weight is 346 g/mol. The minimum atomic E-state index is -0.802. The smallest absolute Gasteiger partial charge is 0.226 e. The fourth-order valence-electron chi connectivity index (χ4n) is 5.12. The maximum Gasteiger partial charge on any atom is 0.226 e. The Hall–Kier alpha value is -1.75. The number of hydrogen-bond acceptors (Lipinski definition) is 2. The quantitative estimate of drug-likeness (QED) is 0.784. The lowest BCUT2D eigenvalue weighted by Crippen LogP contribution is -2.60. The third kappa shape index (κ3) is 2.69. The number of carbonyl (C=O) groups is 1. The largest absolute Gasteiger partial charge is 0.337 e. The zero-order valence-corrected chi connectivity index (χ0v) is 14.5. The molecule has 4 aliphatic rings. The number of fused-ring (bicyclic) bond motifs is 2. The van der Waals surface area contributed by atoms with E-state index in [1.54, 1.807) is 12.1 Å². The molecule has 0 radical (unpaired) electrons. The number of likely N-dealkylation sites (tertiary alicyclic amines) is 1. The molecule has 1 aromatic rings. The van der Waals surface area contributed by atoms with Crippen LogP contribution in [0.4, 0.5) is 8.78 Å². The van der Waals surface area contributed by atoms with Crippen molar-refractivity contribution in [2.75, 3.05) is 19.6 Å². The third-order valence-electron chi connectivity index (χ3n) is 6.22. The van der Waals surface area contributed by atoms with Gasteiger partial charge in [-0.15, -0.1) is 0 Å². The summed E-state index contributed by atoms with van der Waals surface area (Å²) in [5.41, 5.74) is 0.420. The normalized spacial score (nSPS) is 33.9. The first-order chi connectivity index (χ1) is 12.1. The van der Waals surface area contributed by atoms with E-state index in [0.29, 0.717) is 24.4 Å². The van der Waals surface area contributed by atoms with Crippen molar-refractivity contribution in [1.29, 1.82) is 0 Å². The summed E-state index contributed by atoms with van der Waals surface area (Å²) in [6, 6.07) is 4.66. The van der Waals surface area contributed by atoms with E-state index in [1.165, 1.54) is 0 Å². The van der Waals surface area contributed by atoms with Crippen LogP contribution in [-0.4, -0.2) is 47.4 Å². The first-order valence-corrected chi connectivity index (χ1v) is 9.20. The van der Waals surface area contributed by atoms with Gasteiger partial charge in [0.1, 0.15) is 0 Å². The molecule has 0 aliphatic carbocycles. The van der Waals surface area contributed by atoms with Crippen LogP contribution in [0.25, 0.3) is 0 Å². The molecule has 3 nitrogen and oxygen atoms in total. The van der Waals surface area contributed by atoms with Crippen LogP contribution in [0, 0.1) is 17.6 Å². The molecule has 4 fully saturated rings. The Labute approximate surface area is 147 Å². The SMILES string of the molecule is C/C=C/CC(=O)N1C[C@@H](c2cccc(F)c2F)[C@@H]2[C@H]1C1CCN2CC1. The zero-order chi connectivity index (χ0) is 17.6. The Morgan fingerprint density at radius 3 is 2.72 bits per heavy atom. The number of carbonyl (C=O) groups excluding carboxylic acids is 1. The van der Waals surface area contributed by atoms with Gasteiger partial charge < -0.3 is 4.90 Å². The van der Waals surface area contributed by atoms with E-state index in [-0.39, 0.29) is 23.9 Å². The first kappa shape index (κ1) is 16.7. The van der Waals surface area contributed by atoms with Crippen LogP contribution < -0.4 is 0 Å². The fourth-order valence-corrected chi connectivity index (χ4v) is 5.12. The van der Waals surface area contributed by atoms with Gasteiger partial charge in [0, 0.05) is 24.9 Å². The van der Waals surface area contributed by atoms with Gasteiger partial charge in [0.05, 0.1) is 6.04 Å². The topological polar surface area (TPSA) is 23.6 Å². The van der Waals surface area contributed by atoms with E-state index >= 15 is 0 Å². The number of hydrogen-bond donors (Lipinski definition) is 0. The average Bonchev–Trinajstić information content (AvgIpc) is 3.06. The fraction of sp³-hybridized carbons (Fsp3) is 0.550. The molecule has 0 N–H and O–H groups in total. The summed E-state index contributed by atoms with van der Waals surface area (Å²) in [4.78, 5) is 17.1. The van der Waals surface area contributed by atoms with Gasteiger partial charge in [-0.05, 0) is 50.4 Å². The number of allylic oxidation sites excluding steroid dienone is 1. The van der Waals surface area contributed by atoms with Gasteiger partial charge in [0.15, 0.2) is 11.6 Å². The van der Waals surface area contributed by atoms with Crippen molar-refractivity contribution >= 4 is 5.91 Å². The lowest BCUT2D eigenvalue weighted by atomic mass is 9.75. The van der Waals surface area contributed by atoms with Crippen LogP contribution in [0.15, 0.2) is 30.4 Å². The summed E-state index contributed by atoms with van der Waals surface area (Å²) >= 11 is 0. The summed E-state index contributed by atoms with van der Waals surface area (Å²) in [5, 5.41) is 0. The number of nitrogens with zero attached hydrogens (tertiary/aromatic N) is 2. The van der Waals surface area contributed by atoms with E-state index < -0.39 is 11.6 Å². The van der Waals surface area contributed by atoms with Crippen molar-refractivity contribution in [3.8, 4) is 0 Å². The maximum absolute atomic E-state index is 14.5. The lowest BCUT2D eigenvalue weighted by molar-refractivity contribution is -0.135. The highest BCUT2D eigenvalue weighted by Gasteiger charge is 2.54. The van der Waals surface area contributed by atoms with Crippen LogP contribution >= 0.6 is 0 Å². The number of halogens is 2. The molecule has 5 rings (SSSR count). The van der Waals surface area contributed by atoms with E-state index in [0.717, 1.165) is 32.0 Å². The highest BCUT2D eigenvalue weighted by molar-refractivity contribution is 5.79. The number of benzene rings is 1. The molecule has 5 heteroatoms. The van der Waals surface area contributed by atoms with E-state index in [1.807, 2.05) is 24.0 Å². The van der Waals surface area contributed by atoms with Crippen molar-refractivity contribution in [1.82, 2.24) is 9.80 Å². The summed E-state index contributed by atoms with van der Waals surface area (Å²) in [7, 11) is 0. The van der Waals surface area contributed by atoms with Gasteiger partial charge in [0.2, 0.25) is 5.91 Å². The Kier molecular flexibility index (Phi) is 4.36. The van der Waals surface area contributed by atoms with E-state index in [9.17, 15) is 13.6 Å². The van der Waals surface area contributed by atoms with E-state index in [4.69, 9.17) is 0 Å². The third-order valence-corrected chi connectivity index (χ3v) is 6.22. The van der Waals surface area contributed by atoms with Gasteiger partial charge in [-0.2, -0.15) is 0 Å². The van der Waals surface area contributed by atoms with Gasteiger partial charge in [0.25, 0.3) is 0 Å². The molecule has 0 unspecified atom stereocenters. The van der Waals surface area contributed by atoms with Crippen LogP contribution in [0.1, 0.15) is 37.7 Å². The zero-order valence-electron chi connectivity index (χ0n) is 14.5. The monoisotopic (exact) mass is 346 g/mol. The molecule has 4 saturated heterocycles. The second kappa shape index (κ2) is 6.52. The molecule has 25 heavy (non-hydrogen) atoms. The Morgan fingerprint density at radius 2 is 2.00 bits per heavy atom. The lowest BCUT2D eigenvalue weighted by Gasteiger charge is -2.51. The molecule has 3 atom stereocenters. The molecule has 0 aromatic heterocycles. The molecule has 134 valence electrons. The summed E-state index contributed by atoms with van der Waals surface area (Å²) < 4.78 is 28.3.